The zero-order valence-electron chi connectivity index (χ0n) is 14.0. The monoisotopic (exact) mass is 364 g/mol. The van der Waals surface area contributed by atoms with Crippen LogP contribution < -0.4 is 10.1 Å². The molecule has 0 aliphatic carbocycles. The van der Waals surface area contributed by atoms with Crippen molar-refractivity contribution < 1.29 is 17.9 Å². The molecule has 8 nitrogen and oxygen atoms in total. The molecule has 0 aromatic carbocycles. The SMILES string of the molecule is CCOc1cc(CNC(=O)CN(C)S(=O)(=O)c2cccnc2)ccn1. The first-order chi connectivity index (χ1) is 11.9. The van der Waals surface area contributed by atoms with Crippen LogP contribution in [0.4, 0.5) is 0 Å². The second kappa shape index (κ2) is 8.54. The second-order valence-electron chi connectivity index (χ2n) is 5.16. The highest BCUT2D eigenvalue weighted by molar-refractivity contribution is 7.89. The van der Waals surface area contributed by atoms with E-state index in [9.17, 15) is 13.2 Å². The first-order valence-corrected chi connectivity index (χ1v) is 9.08. The van der Waals surface area contributed by atoms with Crippen LogP contribution in [0.2, 0.25) is 0 Å². The van der Waals surface area contributed by atoms with E-state index < -0.39 is 15.9 Å². The van der Waals surface area contributed by atoms with Crippen LogP contribution in [0, 0.1) is 0 Å². The molecule has 0 unspecified atom stereocenters. The number of pyridine rings is 2. The molecule has 0 aliphatic rings. The molecule has 0 radical (unpaired) electrons. The van der Waals surface area contributed by atoms with Crippen molar-refractivity contribution in [2.75, 3.05) is 20.2 Å². The van der Waals surface area contributed by atoms with Gasteiger partial charge >= 0.3 is 0 Å². The molecule has 134 valence electrons. The minimum absolute atomic E-state index is 0.0424. The Morgan fingerprint density at radius 3 is 2.80 bits per heavy atom. The number of hydrogen-bond donors (Lipinski definition) is 1. The van der Waals surface area contributed by atoms with Gasteiger partial charge in [-0.2, -0.15) is 4.31 Å². The van der Waals surface area contributed by atoms with E-state index >= 15 is 0 Å². The summed E-state index contributed by atoms with van der Waals surface area (Å²) >= 11 is 0. The third-order valence-electron chi connectivity index (χ3n) is 3.29. The maximum absolute atomic E-state index is 12.3. The van der Waals surface area contributed by atoms with Crippen molar-refractivity contribution in [3.05, 3.63) is 48.4 Å². The van der Waals surface area contributed by atoms with Crippen LogP contribution in [-0.2, 0) is 21.4 Å². The van der Waals surface area contributed by atoms with E-state index in [0.717, 1.165) is 9.87 Å². The Bertz CT molecular complexity index is 812. The molecule has 2 heterocycles. The average Bonchev–Trinajstić information content (AvgIpc) is 2.61. The summed E-state index contributed by atoms with van der Waals surface area (Å²) in [6.07, 6.45) is 4.32. The van der Waals surface area contributed by atoms with Crippen LogP contribution in [0.15, 0.2) is 47.8 Å². The highest BCUT2D eigenvalue weighted by Crippen LogP contribution is 2.12. The Morgan fingerprint density at radius 2 is 2.12 bits per heavy atom. The maximum Gasteiger partial charge on any atom is 0.244 e. The molecular weight excluding hydrogens is 344 g/mol. The maximum atomic E-state index is 12.3. The topological polar surface area (TPSA) is 101 Å². The smallest absolute Gasteiger partial charge is 0.244 e. The van der Waals surface area contributed by atoms with E-state index in [1.807, 2.05) is 6.92 Å². The van der Waals surface area contributed by atoms with Crippen LogP contribution in [0.1, 0.15) is 12.5 Å². The van der Waals surface area contributed by atoms with E-state index in [1.165, 1.54) is 31.6 Å². The fraction of sp³-hybridized carbons (Fsp3) is 0.312. The predicted octanol–water partition coefficient (Wildman–Crippen LogP) is 0.812. The predicted molar refractivity (Wildman–Crippen MR) is 91.3 cm³/mol. The van der Waals surface area contributed by atoms with E-state index in [-0.39, 0.29) is 18.0 Å². The fourth-order valence-corrected chi connectivity index (χ4v) is 3.10. The molecule has 25 heavy (non-hydrogen) atoms. The minimum atomic E-state index is -3.75. The summed E-state index contributed by atoms with van der Waals surface area (Å²) < 4.78 is 31.0. The minimum Gasteiger partial charge on any atom is -0.478 e. The number of sulfonamides is 1. The molecule has 0 spiro atoms. The van der Waals surface area contributed by atoms with E-state index in [1.54, 1.807) is 18.3 Å². The number of aromatic nitrogens is 2. The molecule has 2 rings (SSSR count). The molecule has 0 saturated heterocycles. The van der Waals surface area contributed by atoms with Crippen LogP contribution in [0.5, 0.6) is 5.88 Å². The lowest BCUT2D eigenvalue weighted by Crippen LogP contribution is -2.38. The first-order valence-electron chi connectivity index (χ1n) is 7.64. The van der Waals surface area contributed by atoms with Crippen LogP contribution in [0.3, 0.4) is 0 Å². The van der Waals surface area contributed by atoms with Gasteiger partial charge in [0.15, 0.2) is 0 Å². The molecule has 0 aliphatic heterocycles. The van der Waals surface area contributed by atoms with Crippen molar-refractivity contribution in [2.24, 2.45) is 0 Å². The summed E-state index contributed by atoms with van der Waals surface area (Å²) in [7, 11) is -2.40. The Balaban J connectivity index is 1.93. The standard InChI is InChI=1S/C16H20N4O4S/c1-3-24-16-9-13(6-8-18-16)10-19-15(21)12-20(2)25(22,23)14-5-4-7-17-11-14/h4-9,11H,3,10,12H2,1-2H3,(H,19,21). The second-order valence-corrected chi connectivity index (χ2v) is 7.21. The van der Waals surface area contributed by atoms with Gasteiger partial charge < -0.3 is 10.1 Å². The number of ether oxygens (including phenoxy) is 1. The Labute approximate surface area is 146 Å². The molecule has 9 heteroatoms. The van der Waals surface area contributed by atoms with Gasteiger partial charge in [0.05, 0.1) is 13.2 Å². The van der Waals surface area contributed by atoms with Crippen LogP contribution in [-0.4, -0.2) is 48.8 Å². The fourth-order valence-electron chi connectivity index (χ4n) is 2.01. The van der Waals surface area contributed by atoms with Crippen molar-refractivity contribution >= 4 is 15.9 Å². The quantitative estimate of drug-likeness (QED) is 0.744. The van der Waals surface area contributed by atoms with Gasteiger partial charge in [-0.05, 0) is 30.7 Å². The molecule has 0 bridgehead atoms. The summed E-state index contributed by atoms with van der Waals surface area (Å²) in [5.74, 6) is 0.0651. The average molecular weight is 364 g/mol. The van der Waals surface area contributed by atoms with E-state index in [4.69, 9.17) is 4.74 Å². The Hall–Kier alpha value is -2.52. The van der Waals surface area contributed by atoms with Crippen molar-refractivity contribution in [1.29, 1.82) is 0 Å². The van der Waals surface area contributed by atoms with Gasteiger partial charge in [0.25, 0.3) is 0 Å². The number of hydrogen-bond acceptors (Lipinski definition) is 6. The van der Waals surface area contributed by atoms with Gasteiger partial charge in [0.2, 0.25) is 21.8 Å². The van der Waals surface area contributed by atoms with Crippen molar-refractivity contribution in [2.45, 2.75) is 18.4 Å². The lowest BCUT2D eigenvalue weighted by molar-refractivity contribution is -0.121. The number of rotatable bonds is 8. The number of nitrogens with one attached hydrogen (secondary N) is 1. The molecule has 2 aromatic heterocycles. The van der Waals surface area contributed by atoms with E-state index in [0.29, 0.717) is 12.5 Å². The van der Waals surface area contributed by atoms with Crippen LogP contribution in [0.25, 0.3) is 0 Å². The van der Waals surface area contributed by atoms with Gasteiger partial charge in [-0.25, -0.2) is 13.4 Å². The Kier molecular flexibility index (Phi) is 6.43. The van der Waals surface area contributed by atoms with Gasteiger partial charge in [0.1, 0.15) is 4.90 Å². The molecule has 0 saturated carbocycles. The first kappa shape index (κ1) is 18.8. The number of amides is 1. The largest absolute Gasteiger partial charge is 0.478 e. The zero-order valence-corrected chi connectivity index (χ0v) is 14.9. The third-order valence-corrected chi connectivity index (χ3v) is 5.08. The number of likely N-dealkylation sites (N-methyl/N-ethyl adjacent to an activating group) is 1. The van der Waals surface area contributed by atoms with Gasteiger partial charge in [-0.3, -0.25) is 9.78 Å². The highest BCUT2D eigenvalue weighted by atomic mass is 32.2. The van der Waals surface area contributed by atoms with Crippen molar-refractivity contribution in [3.8, 4) is 5.88 Å². The lowest BCUT2D eigenvalue weighted by atomic mass is 10.2. The third kappa shape index (κ3) is 5.23. The van der Waals surface area contributed by atoms with Gasteiger partial charge in [-0.15, -0.1) is 0 Å². The lowest BCUT2D eigenvalue weighted by Gasteiger charge is -2.16. The van der Waals surface area contributed by atoms with Crippen LogP contribution >= 0.6 is 0 Å². The molecule has 0 fully saturated rings. The number of carbonyl (C=O) groups is 1. The van der Waals surface area contributed by atoms with Gasteiger partial charge in [-0.1, -0.05) is 0 Å². The summed E-state index contributed by atoms with van der Waals surface area (Å²) in [6, 6.07) is 6.43. The number of nitrogens with zero attached hydrogens (tertiary/aromatic N) is 3. The Morgan fingerprint density at radius 1 is 1.32 bits per heavy atom. The molecular formula is C16H20N4O4S. The summed E-state index contributed by atoms with van der Waals surface area (Å²) in [4.78, 5) is 19.9. The highest BCUT2D eigenvalue weighted by Gasteiger charge is 2.22. The molecule has 0 atom stereocenters. The van der Waals surface area contributed by atoms with E-state index in [2.05, 4.69) is 15.3 Å². The summed E-state index contributed by atoms with van der Waals surface area (Å²) in [5, 5.41) is 2.68. The normalized spacial score (nSPS) is 11.3. The zero-order chi connectivity index (χ0) is 18.3. The van der Waals surface area contributed by atoms with Crippen molar-refractivity contribution in [1.82, 2.24) is 19.6 Å². The summed E-state index contributed by atoms with van der Waals surface area (Å²) in [6.45, 7) is 2.32. The van der Waals surface area contributed by atoms with Gasteiger partial charge in [0, 0.05) is 38.2 Å². The van der Waals surface area contributed by atoms with Crippen molar-refractivity contribution in [3.63, 3.8) is 0 Å². The summed E-state index contributed by atoms with van der Waals surface area (Å²) in [5.41, 5.74) is 0.810. The molecule has 2 aromatic rings. The molecule has 1 N–H and O–H groups in total. The molecule has 1 amide bonds. The number of carbonyl (C=O) groups excluding carboxylic acids is 1.